The summed E-state index contributed by atoms with van der Waals surface area (Å²) in [5, 5.41) is 29.7. The number of carboxylic acids is 1. The molecule has 156 valence electrons. The topological polar surface area (TPSA) is 123 Å². The fourth-order valence-corrected chi connectivity index (χ4v) is 3.43. The molecule has 1 amide bonds. The first kappa shape index (κ1) is 21.7. The molecule has 1 unspecified atom stereocenters. The van der Waals surface area contributed by atoms with Crippen LogP contribution >= 0.6 is 22.9 Å². The highest BCUT2D eigenvalue weighted by Crippen LogP contribution is 2.23. The van der Waals surface area contributed by atoms with Crippen molar-refractivity contribution in [3.8, 4) is 16.3 Å². The van der Waals surface area contributed by atoms with Crippen LogP contribution in [0.25, 0.3) is 11.1 Å². The lowest BCUT2D eigenvalue weighted by atomic mass is 10.0. The van der Waals surface area contributed by atoms with Crippen molar-refractivity contribution in [1.29, 1.82) is 0 Å². The Morgan fingerprint density at radius 2 is 1.90 bits per heavy atom. The van der Waals surface area contributed by atoms with Gasteiger partial charge in [0.2, 0.25) is 0 Å². The summed E-state index contributed by atoms with van der Waals surface area (Å²) in [6, 6.07) is 14.9. The third kappa shape index (κ3) is 5.77. The molecule has 3 rings (SSSR count). The Morgan fingerprint density at radius 1 is 1.17 bits per heavy atom. The molecule has 1 heterocycles. The zero-order chi connectivity index (χ0) is 21.7. The molecule has 4 N–H and O–H groups in total. The highest BCUT2D eigenvalue weighted by atomic mass is 35.5. The SMILES string of the molecule is O=C(NN(Cc1ccc(-c2cccc(Cl)c2)cc1)CC(O)C(=O)O)c1cnc(O)s1. The summed E-state index contributed by atoms with van der Waals surface area (Å²) in [7, 11) is 0. The average molecular weight is 448 g/mol. The Balaban J connectivity index is 1.74. The molecule has 10 heteroatoms. The zero-order valence-corrected chi connectivity index (χ0v) is 17.1. The van der Waals surface area contributed by atoms with Gasteiger partial charge >= 0.3 is 5.97 Å². The molecule has 8 nitrogen and oxygen atoms in total. The summed E-state index contributed by atoms with van der Waals surface area (Å²) in [6.45, 7) is -0.182. The number of aromatic hydroxyl groups is 1. The maximum atomic E-state index is 12.3. The number of hydrogen-bond donors (Lipinski definition) is 4. The molecule has 30 heavy (non-hydrogen) atoms. The molecular weight excluding hydrogens is 430 g/mol. The number of thiazole rings is 1. The largest absolute Gasteiger partial charge is 0.486 e. The lowest BCUT2D eigenvalue weighted by molar-refractivity contribution is -0.148. The fourth-order valence-electron chi connectivity index (χ4n) is 2.70. The van der Waals surface area contributed by atoms with Gasteiger partial charge < -0.3 is 15.3 Å². The van der Waals surface area contributed by atoms with E-state index in [1.54, 1.807) is 6.07 Å². The molecule has 0 radical (unpaired) electrons. The second kappa shape index (κ2) is 9.68. The van der Waals surface area contributed by atoms with Gasteiger partial charge in [0.1, 0.15) is 4.88 Å². The Morgan fingerprint density at radius 3 is 2.50 bits per heavy atom. The molecule has 0 fully saturated rings. The molecule has 0 aliphatic heterocycles. The summed E-state index contributed by atoms with van der Waals surface area (Å²) in [5.74, 6) is -1.97. The lowest BCUT2D eigenvalue weighted by Gasteiger charge is -2.24. The molecule has 0 bridgehead atoms. The summed E-state index contributed by atoms with van der Waals surface area (Å²) < 4.78 is 0. The molecule has 0 aliphatic carbocycles. The third-order valence-corrected chi connectivity index (χ3v) is 5.17. The van der Waals surface area contributed by atoms with E-state index in [2.05, 4.69) is 10.4 Å². The second-order valence-corrected chi connectivity index (χ2v) is 7.84. The van der Waals surface area contributed by atoms with Crippen LogP contribution in [0.4, 0.5) is 0 Å². The number of carboxylic acid groups (broad SMARTS) is 1. The van der Waals surface area contributed by atoms with Crippen molar-refractivity contribution in [3.05, 3.63) is 70.2 Å². The highest BCUT2D eigenvalue weighted by Gasteiger charge is 2.21. The van der Waals surface area contributed by atoms with Crippen LogP contribution in [0, 0.1) is 0 Å². The van der Waals surface area contributed by atoms with Crippen molar-refractivity contribution in [3.63, 3.8) is 0 Å². The monoisotopic (exact) mass is 447 g/mol. The predicted octanol–water partition coefficient (Wildman–Crippen LogP) is 2.76. The van der Waals surface area contributed by atoms with E-state index < -0.39 is 18.0 Å². The second-order valence-electron chi connectivity index (χ2n) is 6.39. The smallest absolute Gasteiger partial charge is 0.333 e. The van der Waals surface area contributed by atoms with E-state index >= 15 is 0 Å². The molecule has 1 atom stereocenters. The number of carbonyl (C=O) groups excluding carboxylic acids is 1. The van der Waals surface area contributed by atoms with Gasteiger partial charge in [0.05, 0.1) is 12.7 Å². The Hall–Kier alpha value is -2.98. The van der Waals surface area contributed by atoms with Gasteiger partial charge in [-0.25, -0.2) is 14.8 Å². The number of aromatic nitrogens is 1. The van der Waals surface area contributed by atoms with E-state index in [1.807, 2.05) is 42.5 Å². The number of hydrogen-bond acceptors (Lipinski definition) is 7. The standard InChI is InChI=1S/C20H18ClN3O5S/c21-15-3-1-2-14(8-15)13-6-4-12(5-7-13)10-24(11-16(25)19(27)28)23-18(26)17-9-22-20(29)30-17/h1-9,16,25H,10-11H2,(H,22,29)(H,23,26)(H,27,28). The van der Waals surface area contributed by atoms with Crippen molar-refractivity contribution in [2.75, 3.05) is 6.54 Å². The van der Waals surface area contributed by atoms with Crippen LogP contribution < -0.4 is 5.43 Å². The number of aliphatic hydroxyl groups is 1. The van der Waals surface area contributed by atoms with Crippen LogP contribution in [0.1, 0.15) is 15.2 Å². The molecule has 3 aromatic rings. The van der Waals surface area contributed by atoms with Crippen molar-refractivity contribution in [1.82, 2.24) is 15.4 Å². The minimum Gasteiger partial charge on any atom is -0.486 e. The van der Waals surface area contributed by atoms with Gasteiger partial charge in [0, 0.05) is 11.6 Å². The number of halogens is 1. The van der Waals surface area contributed by atoms with Gasteiger partial charge in [0.25, 0.3) is 11.1 Å². The van der Waals surface area contributed by atoms with E-state index in [-0.39, 0.29) is 23.2 Å². The van der Waals surface area contributed by atoms with E-state index in [4.69, 9.17) is 16.7 Å². The van der Waals surface area contributed by atoms with Gasteiger partial charge in [-0.1, -0.05) is 59.3 Å². The van der Waals surface area contributed by atoms with Gasteiger partial charge in [0.15, 0.2) is 6.10 Å². The van der Waals surface area contributed by atoms with E-state index in [9.17, 15) is 19.8 Å². The van der Waals surface area contributed by atoms with Crippen LogP contribution in [0.15, 0.2) is 54.7 Å². The normalized spacial score (nSPS) is 12.0. The summed E-state index contributed by atoms with van der Waals surface area (Å²) in [5.41, 5.74) is 5.23. The van der Waals surface area contributed by atoms with Gasteiger partial charge in [-0.15, -0.1) is 0 Å². The van der Waals surface area contributed by atoms with Crippen molar-refractivity contribution >= 4 is 34.8 Å². The summed E-state index contributed by atoms with van der Waals surface area (Å²) in [4.78, 5) is 27.1. The first-order chi connectivity index (χ1) is 14.3. The molecule has 2 aromatic carbocycles. The number of rotatable bonds is 8. The quantitative estimate of drug-likeness (QED) is 0.391. The van der Waals surface area contributed by atoms with Gasteiger partial charge in [-0.05, 0) is 28.8 Å². The van der Waals surface area contributed by atoms with Crippen molar-refractivity contribution in [2.24, 2.45) is 0 Å². The number of amides is 1. The van der Waals surface area contributed by atoms with Crippen LogP contribution in [-0.4, -0.2) is 49.8 Å². The minimum absolute atomic E-state index is 0.149. The molecule has 0 saturated heterocycles. The number of aliphatic carboxylic acids is 1. The van der Waals surface area contributed by atoms with Crippen molar-refractivity contribution < 1.29 is 24.9 Å². The van der Waals surface area contributed by atoms with E-state index in [0.29, 0.717) is 5.02 Å². The van der Waals surface area contributed by atoms with Crippen LogP contribution in [-0.2, 0) is 11.3 Å². The Bertz CT molecular complexity index is 1040. The lowest BCUT2D eigenvalue weighted by Crippen LogP contribution is -2.47. The number of aliphatic hydroxyl groups excluding tert-OH is 1. The number of hydrazine groups is 1. The first-order valence-electron chi connectivity index (χ1n) is 8.78. The number of benzene rings is 2. The molecule has 0 saturated carbocycles. The number of nitrogens with zero attached hydrogens (tertiary/aromatic N) is 2. The van der Waals surface area contributed by atoms with Gasteiger partial charge in [-0.2, -0.15) is 0 Å². The van der Waals surface area contributed by atoms with E-state index in [1.165, 1.54) is 11.2 Å². The molecule has 0 aliphatic rings. The summed E-state index contributed by atoms with van der Waals surface area (Å²) >= 11 is 6.82. The Labute approximate surface area is 181 Å². The molecule has 0 spiro atoms. The molecular formula is C20H18ClN3O5S. The first-order valence-corrected chi connectivity index (χ1v) is 9.98. The number of carbonyl (C=O) groups is 2. The van der Waals surface area contributed by atoms with Crippen LogP contribution in [0.3, 0.4) is 0 Å². The zero-order valence-electron chi connectivity index (χ0n) is 15.5. The molecule has 1 aromatic heterocycles. The van der Waals surface area contributed by atoms with E-state index in [0.717, 1.165) is 28.0 Å². The minimum atomic E-state index is -1.69. The Kier molecular flexibility index (Phi) is 7.01. The predicted molar refractivity (Wildman–Crippen MR) is 112 cm³/mol. The van der Waals surface area contributed by atoms with Crippen molar-refractivity contribution in [2.45, 2.75) is 12.6 Å². The maximum Gasteiger partial charge on any atom is 0.333 e. The number of nitrogens with one attached hydrogen (secondary N) is 1. The average Bonchev–Trinajstić information content (AvgIpc) is 3.15. The van der Waals surface area contributed by atoms with Crippen LogP contribution in [0.2, 0.25) is 5.02 Å². The fraction of sp³-hybridized carbons (Fsp3) is 0.150. The van der Waals surface area contributed by atoms with Crippen LogP contribution in [0.5, 0.6) is 5.19 Å². The highest BCUT2D eigenvalue weighted by molar-refractivity contribution is 7.15. The maximum absolute atomic E-state index is 12.3. The third-order valence-electron chi connectivity index (χ3n) is 4.14. The summed E-state index contributed by atoms with van der Waals surface area (Å²) in [6.07, 6.45) is -0.480. The van der Waals surface area contributed by atoms with Gasteiger partial charge in [-0.3, -0.25) is 10.2 Å².